The van der Waals surface area contributed by atoms with Crippen LogP contribution in [-0.2, 0) is 87.5 Å². The summed E-state index contributed by atoms with van der Waals surface area (Å²) in [7, 11) is -8.27. The molecule has 101 heavy (non-hydrogen) atoms. The van der Waals surface area contributed by atoms with E-state index in [4.69, 9.17) is 18.9 Å². The van der Waals surface area contributed by atoms with Gasteiger partial charge in [-0.2, -0.15) is 16.8 Å². The Balaban J connectivity index is 0.000000593. The van der Waals surface area contributed by atoms with Gasteiger partial charge in [0.05, 0.1) is 39.1 Å². The lowest BCUT2D eigenvalue weighted by atomic mass is 9.77. The van der Waals surface area contributed by atoms with Crippen molar-refractivity contribution in [1.82, 2.24) is 10.6 Å². The van der Waals surface area contributed by atoms with Crippen molar-refractivity contribution in [2.45, 2.75) is 290 Å². The monoisotopic (exact) mass is 1520 g/mol. The van der Waals surface area contributed by atoms with E-state index in [0.29, 0.717) is 30.1 Å². The Hall–Kier alpha value is -4.86. The number of aliphatic hydroxyl groups excluding tert-OH is 1. The fourth-order valence-electron chi connectivity index (χ4n) is 10.6. The third-order valence-corrected chi connectivity index (χ3v) is 22.6. The lowest BCUT2D eigenvalue weighted by molar-refractivity contribution is -0.145. The lowest BCUT2D eigenvalue weighted by Crippen LogP contribution is -2.29. The number of carbonyl (C=O) groups is 4. The molecule has 25 heteroatoms. The van der Waals surface area contributed by atoms with Crippen molar-refractivity contribution in [2.24, 2.45) is 0 Å². The molecule has 0 aromatic heterocycles. The van der Waals surface area contributed by atoms with Gasteiger partial charge in [-0.1, -0.05) is 152 Å². The van der Waals surface area contributed by atoms with Crippen LogP contribution in [0.4, 0.5) is 0 Å². The van der Waals surface area contributed by atoms with Crippen LogP contribution in [0.2, 0.25) is 0 Å². The van der Waals surface area contributed by atoms with Crippen molar-refractivity contribution in [3.05, 3.63) is 93.0 Å². The molecular weight excluding hydrogens is 1410 g/mol. The number of hydrogen-bond donors (Lipinski definition) is 10. The molecule has 4 aromatic rings. The number of amides is 2. The highest BCUT2D eigenvalue weighted by atomic mass is 32.2. The molecule has 0 radical (unpaired) electrons. The maximum absolute atomic E-state index is 12.4. The maximum atomic E-state index is 12.4. The third kappa shape index (κ3) is 31.4. The summed E-state index contributed by atoms with van der Waals surface area (Å²) in [6.07, 6.45) is 0.136. The van der Waals surface area contributed by atoms with E-state index < -0.39 is 60.9 Å². The highest BCUT2D eigenvalue weighted by molar-refractivity contribution is 8.18. The minimum atomic E-state index is -4.19. The molecule has 0 aliphatic carbocycles. The van der Waals surface area contributed by atoms with Crippen LogP contribution >= 0.6 is 47.0 Å². The number of aliphatic carboxylic acids is 1. The summed E-state index contributed by atoms with van der Waals surface area (Å²) < 4.78 is 63.9. The average Bonchev–Trinajstić information content (AvgIpc) is 0.789. The molecule has 10 N–H and O–H groups in total. The summed E-state index contributed by atoms with van der Waals surface area (Å²) >= 11 is 7.03. The Kier molecular flexibility index (Phi) is 32.4. The first kappa shape index (κ1) is 92.2. The Morgan fingerprint density at radius 1 is 0.386 bits per heavy atom. The molecule has 0 saturated carbocycles. The van der Waals surface area contributed by atoms with Gasteiger partial charge in [0.2, 0.25) is 11.8 Å². The average molecular weight is 1530 g/mol. The standard InChI is InChI=1S/C38H59NO8S3.C32H50O3S2.C6H11NO6S/c1-34(2,3)26-20-24(21-27(32(26)42)35(4,5)6)48-38(12,13)49-25-22-28(36(7,8)9)33(43)29(23-25)37(10,11)16-18-47-31(41)15-14-30(40)39-17-19-50(44,45)46;1-28(2,3)22-16-20(17-23(26(22)34)29(4,5)6)36-32(12,13)37-21-18-24(30(7,8)9)27(35)25(19-21)31(10,11)14-15-33;8-5(1-2-6(9)10)7-3-4-14(11,12)13/h20-23,42-43H,14-19H2,1-13H3,(H,39,40)(H,44,45,46);16-19,33-35H,14-15H2,1-13H3;1-4H2,(H,7,8)(H,9,10)(H,11,12,13). The maximum Gasteiger partial charge on any atom is 0.306 e. The fourth-order valence-corrected chi connectivity index (χ4v) is 16.5. The number of thioether (sulfide) groups is 4. The number of phenols is 4. The highest BCUT2D eigenvalue weighted by Crippen LogP contribution is 2.54. The number of hydrogen-bond acceptors (Lipinski definition) is 18. The zero-order chi connectivity index (χ0) is 78.6. The lowest BCUT2D eigenvalue weighted by Gasteiger charge is -2.32. The number of esters is 1. The van der Waals surface area contributed by atoms with Crippen molar-refractivity contribution in [1.29, 1.82) is 0 Å². The van der Waals surface area contributed by atoms with E-state index in [1.165, 1.54) is 0 Å². The predicted molar refractivity (Wildman–Crippen MR) is 414 cm³/mol. The number of aromatic hydroxyl groups is 4. The van der Waals surface area contributed by atoms with Gasteiger partial charge in [-0.3, -0.25) is 28.3 Å². The van der Waals surface area contributed by atoms with Gasteiger partial charge in [0.25, 0.3) is 20.2 Å². The molecule has 0 aliphatic heterocycles. The van der Waals surface area contributed by atoms with Crippen molar-refractivity contribution in [3.8, 4) is 23.0 Å². The summed E-state index contributed by atoms with van der Waals surface area (Å²) in [5.41, 5.74) is 4.80. The van der Waals surface area contributed by atoms with E-state index in [9.17, 15) is 61.5 Å². The van der Waals surface area contributed by atoms with Crippen molar-refractivity contribution in [2.75, 3.05) is 37.8 Å². The minimum Gasteiger partial charge on any atom is -0.507 e. The van der Waals surface area contributed by atoms with E-state index in [-0.39, 0.29) is 104 Å². The van der Waals surface area contributed by atoms with Gasteiger partial charge in [-0.05, 0) is 132 Å². The largest absolute Gasteiger partial charge is 0.507 e. The van der Waals surface area contributed by atoms with Crippen LogP contribution in [0.3, 0.4) is 0 Å². The van der Waals surface area contributed by atoms with E-state index in [2.05, 4.69) is 219 Å². The SMILES string of the molecule is CC(C)(Sc1cc(C(C)(C)C)c(O)c(C(C)(C)C)c1)Sc1cc(C(C)(C)C)c(O)c(C(C)(C)CCO)c1.CC(C)(Sc1cc(C(C)(C)C)c(O)c(C(C)(C)C)c1)Sc1cc(C(C)(C)C)c(O)c(C(C)(C)CCOC(=O)CCC(=O)NCCS(=O)(=O)O)c1.O=C(O)CCC(=O)NCCS(=O)(=O)O. The zero-order valence-electron chi connectivity index (χ0n) is 64.8. The van der Waals surface area contributed by atoms with Crippen molar-refractivity contribution in [3.63, 3.8) is 0 Å². The summed E-state index contributed by atoms with van der Waals surface area (Å²) in [6.45, 7) is 54.7. The molecule has 572 valence electrons. The summed E-state index contributed by atoms with van der Waals surface area (Å²) in [4.78, 5) is 49.4. The highest BCUT2D eigenvalue weighted by Gasteiger charge is 2.36. The molecule has 0 heterocycles. The number of aliphatic hydroxyl groups is 1. The second-order valence-electron chi connectivity index (χ2n) is 34.1. The minimum absolute atomic E-state index is 0.0725. The Morgan fingerprint density at radius 3 is 0.861 bits per heavy atom. The molecule has 0 saturated heterocycles. The second kappa shape index (κ2) is 35.5. The fraction of sp³-hybridized carbons (Fsp3) is 0.632. The first-order valence-corrected chi connectivity index (χ1v) is 40.4. The molecule has 0 spiro atoms. The quantitative estimate of drug-likeness (QED) is 0.0115. The van der Waals surface area contributed by atoms with E-state index >= 15 is 0 Å². The van der Waals surface area contributed by atoms with Crippen LogP contribution in [0.5, 0.6) is 23.0 Å². The number of benzene rings is 4. The van der Waals surface area contributed by atoms with Crippen LogP contribution in [0.25, 0.3) is 0 Å². The van der Waals surface area contributed by atoms with Crippen LogP contribution in [0.15, 0.2) is 68.1 Å². The number of rotatable bonds is 27. The zero-order valence-corrected chi connectivity index (χ0v) is 69.7. The van der Waals surface area contributed by atoms with Gasteiger partial charge in [0.1, 0.15) is 23.0 Å². The number of carboxylic acids is 1. The van der Waals surface area contributed by atoms with Gasteiger partial charge in [-0.15, -0.1) is 47.0 Å². The second-order valence-corrected chi connectivity index (χ2v) is 44.5. The molecule has 0 atom stereocenters. The van der Waals surface area contributed by atoms with Gasteiger partial charge < -0.3 is 46.0 Å². The van der Waals surface area contributed by atoms with Crippen molar-refractivity contribution >= 4 is 91.0 Å². The Bertz CT molecular complexity index is 3690. The molecular formula is C76H120N2O17S6. The van der Waals surface area contributed by atoms with Gasteiger partial charge in [0, 0.05) is 96.6 Å². The molecule has 0 fully saturated rings. The normalized spacial score (nSPS) is 13.2. The van der Waals surface area contributed by atoms with E-state index in [0.717, 1.165) is 64.1 Å². The predicted octanol–water partition coefficient (Wildman–Crippen LogP) is 16.7. The Labute approximate surface area is 621 Å². The number of carbonyl (C=O) groups excluding carboxylic acids is 3. The third-order valence-electron chi connectivity index (χ3n) is 16.3. The van der Waals surface area contributed by atoms with E-state index in [1.54, 1.807) is 47.0 Å². The van der Waals surface area contributed by atoms with Crippen LogP contribution in [0, 0.1) is 0 Å². The number of nitrogens with one attached hydrogen (secondary N) is 2. The summed E-state index contributed by atoms with van der Waals surface area (Å²) in [5, 5.41) is 67.6. The first-order valence-electron chi connectivity index (χ1n) is 33.9. The van der Waals surface area contributed by atoms with Gasteiger partial charge >= 0.3 is 11.9 Å². The molecule has 0 unspecified atom stereocenters. The smallest absolute Gasteiger partial charge is 0.306 e. The van der Waals surface area contributed by atoms with Gasteiger partial charge in [-0.25, -0.2) is 0 Å². The van der Waals surface area contributed by atoms with Gasteiger partial charge in [0.15, 0.2) is 0 Å². The summed E-state index contributed by atoms with van der Waals surface area (Å²) in [5.74, 6) is -2.62. The topological polar surface area (TPSA) is 332 Å². The molecule has 4 rings (SSSR count). The molecule has 4 aromatic carbocycles. The first-order chi connectivity index (χ1) is 45.2. The van der Waals surface area contributed by atoms with Crippen LogP contribution in [-0.4, -0.2) is 126 Å². The number of ether oxygens (including phenoxy) is 1. The van der Waals surface area contributed by atoms with Crippen LogP contribution < -0.4 is 10.6 Å². The number of carboxylic acid groups (broad SMARTS) is 1. The number of phenolic OH excluding ortho intramolecular Hbond substituents is 4. The molecule has 0 aliphatic rings. The van der Waals surface area contributed by atoms with Crippen molar-refractivity contribution < 1.29 is 80.5 Å². The molecule has 0 bridgehead atoms. The Morgan fingerprint density at radius 2 is 0.624 bits per heavy atom. The van der Waals surface area contributed by atoms with E-state index in [1.807, 2.05) is 19.9 Å². The molecule has 19 nitrogen and oxygen atoms in total. The molecule has 2 amide bonds. The summed E-state index contributed by atoms with van der Waals surface area (Å²) in [6, 6.07) is 16.8. The van der Waals surface area contributed by atoms with Crippen LogP contribution in [0.1, 0.15) is 263 Å².